The Morgan fingerprint density at radius 3 is 2.72 bits per heavy atom. The van der Waals surface area contributed by atoms with Crippen LogP contribution in [0.5, 0.6) is 0 Å². The molecule has 138 valence electrons. The summed E-state index contributed by atoms with van der Waals surface area (Å²) in [6.07, 6.45) is 5.75. The largest absolute Gasteiger partial charge is 0.466 e. The van der Waals surface area contributed by atoms with Gasteiger partial charge in [-0.05, 0) is 44.4 Å². The number of carbonyl (C=O) groups excluding carboxylic acids is 2. The molecular formula is C20H29NO3S. The second-order valence-corrected chi connectivity index (χ2v) is 7.63. The van der Waals surface area contributed by atoms with Crippen molar-refractivity contribution in [2.45, 2.75) is 39.0 Å². The van der Waals surface area contributed by atoms with E-state index in [-0.39, 0.29) is 11.9 Å². The van der Waals surface area contributed by atoms with E-state index in [1.165, 1.54) is 5.56 Å². The van der Waals surface area contributed by atoms with E-state index in [4.69, 9.17) is 4.74 Å². The van der Waals surface area contributed by atoms with Crippen LogP contribution in [0, 0.1) is 5.41 Å². The van der Waals surface area contributed by atoms with Gasteiger partial charge in [0.05, 0.1) is 12.0 Å². The van der Waals surface area contributed by atoms with Crippen molar-refractivity contribution in [3.8, 4) is 0 Å². The highest BCUT2D eigenvalue weighted by atomic mass is 32.2. The topological polar surface area (TPSA) is 46.6 Å². The maximum absolute atomic E-state index is 12.8. The van der Waals surface area contributed by atoms with Crippen molar-refractivity contribution in [3.63, 3.8) is 0 Å². The molecule has 0 bridgehead atoms. The Labute approximate surface area is 155 Å². The molecular weight excluding hydrogens is 334 g/mol. The molecule has 4 nitrogen and oxygen atoms in total. The average molecular weight is 364 g/mol. The smallest absolute Gasteiger partial charge is 0.313 e. The van der Waals surface area contributed by atoms with Gasteiger partial charge in [-0.2, -0.15) is 11.8 Å². The van der Waals surface area contributed by atoms with Crippen LogP contribution < -0.4 is 0 Å². The maximum Gasteiger partial charge on any atom is 0.313 e. The quantitative estimate of drug-likeness (QED) is 0.663. The summed E-state index contributed by atoms with van der Waals surface area (Å²) in [6, 6.07) is 10.2. The number of esters is 1. The first-order chi connectivity index (χ1) is 12.1. The van der Waals surface area contributed by atoms with E-state index < -0.39 is 5.41 Å². The molecule has 0 N–H and O–H groups in total. The summed E-state index contributed by atoms with van der Waals surface area (Å²) >= 11 is 1.68. The summed E-state index contributed by atoms with van der Waals surface area (Å²) in [7, 11) is 0. The molecule has 2 rings (SSSR count). The first kappa shape index (κ1) is 19.8. The van der Waals surface area contributed by atoms with Crippen LogP contribution in [0.4, 0.5) is 0 Å². The van der Waals surface area contributed by atoms with E-state index in [0.29, 0.717) is 19.6 Å². The normalized spacial score (nSPS) is 20.3. The lowest BCUT2D eigenvalue weighted by molar-refractivity contribution is -0.161. The SMILES string of the molecule is CCOC(=O)C1(CCc2ccccc2)CCCN(C(=O)CCSC)C1. The van der Waals surface area contributed by atoms with Gasteiger partial charge in [0.2, 0.25) is 5.91 Å². The molecule has 0 radical (unpaired) electrons. The number of thioether (sulfide) groups is 1. The Morgan fingerprint density at radius 2 is 2.04 bits per heavy atom. The number of aryl methyl sites for hydroxylation is 1. The molecule has 1 aromatic carbocycles. The van der Waals surface area contributed by atoms with E-state index in [1.807, 2.05) is 36.3 Å². The molecule has 5 heteroatoms. The highest BCUT2D eigenvalue weighted by molar-refractivity contribution is 7.98. The molecule has 1 heterocycles. The Hall–Kier alpha value is -1.49. The van der Waals surface area contributed by atoms with Crippen molar-refractivity contribution in [1.82, 2.24) is 4.90 Å². The van der Waals surface area contributed by atoms with Crippen LogP contribution in [-0.4, -0.2) is 48.5 Å². The molecule has 0 saturated carbocycles. The third-order valence-electron chi connectivity index (χ3n) is 4.89. The van der Waals surface area contributed by atoms with Gasteiger partial charge in [-0.25, -0.2) is 0 Å². The van der Waals surface area contributed by atoms with Gasteiger partial charge in [-0.3, -0.25) is 9.59 Å². The van der Waals surface area contributed by atoms with Gasteiger partial charge in [0, 0.05) is 25.3 Å². The Morgan fingerprint density at radius 1 is 1.28 bits per heavy atom. The van der Waals surface area contributed by atoms with Crippen LogP contribution in [0.15, 0.2) is 30.3 Å². The van der Waals surface area contributed by atoms with Crippen LogP contribution in [0.25, 0.3) is 0 Å². The van der Waals surface area contributed by atoms with E-state index in [1.54, 1.807) is 11.8 Å². The van der Waals surface area contributed by atoms with Crippen molar-refractivity contribution >= 4 is 23.6 Å². The highest BCUT2D eigenvalue weighted by Gasteiger charge is 2.44. The molecule has 0 aliphatic carbocycles. The van der Waals surface area contributed by atoms with E-state index in [9.17, 15) is 9.59 Å². The monoisotopic (exact) mass is 363 g/mol. The fourth-order valence-electron chi connectivity index (χ4n) is 3.48. The Kier molecular flexibility index (Phi) is 7.82. The summed E-state index contributed by atoms with van der Waals surface area (Å²) in [5.41, 5.74) is 0.649. The molecule has 0 aromatic heterocycles. The van der Waals surface area contributed by atoms with Crippen molar-refractivity contribution in [2.24, 2.45) is 5.41 Å². The number of rotatable bonds is 8. The van der Waals surface area contributed by atoms with Crippen molar-refractivity contribution < 1.29 is 14.3 Å². The lowest BCUT2D eigenvalue weighted by Crippen LogP contribution is -2.50. The van der Waals surface area contributed by atoms with E-state index in [2.05, 4.69) is 12.1 Å². The molecule has 1 aliphatic rings. The van der Waals surface area contributed by atoms with Gasteiger partial charge in [0.25, 0.3) is 0 Å². The first-order valence-electron chi connectivity index (χ1n) is 9.09. The fraction of sp³-hybridized carbons (Fsp3) is 0.600. The molecule has 1 saturated heterocycles. The zero-order valence-electron chi connectivity index (χ0n) is 15.3. The maximum atomic E-state index is 12.8. The molecule has 1 aliphatic heterocycles. The number of nitrogens with zero attached hydrogens (tertiary/aromatic N) is 1. The number of hydrogen-bond acceptors (Lipinski definition) is 4. The second-order valence-electron chi connectivity index (χ2n) is 6.65. The number of carbonyl (C=O) groups is 2. The van der Waals surface area contributed by atoms with Gasteiger partial charge in [-0.15, -0.1) is 0 Å². The number of ether oxygens (including phenoxy) is 1. The van der Waals surface area contributed by atoms with Gasteiger partial charge >= 0.3 is 5.97 Å². The zero-order chi connectivity index (χ0) is 18.1. The summed E-state index contributed by atoms with van der Waals surface area (Å²) in [5, 5.41) is 0. The summed E-state index contributed by atoms with van der Waals surface area (Å²) < 4.78 is 5.40. The van der Waals surface area contributed by atoms with Gasteiger partial charge < -0.3 is 9.64 Å². The summed E-state index contributed by atoms with van der Waals surface area (Å²) in [6.45, 7) is 3.46. The minimum atomic E-state index is -0.570. The lowest BCUT2D eigenvalue weighted by atomic mass is 9.75. The van der Waals surface area contributed by atoms with E-state index in [0.717, 1.165) is 38.0 Å². The lowest BCUT2D eigenvalue weighted by Gasteiger charge is -2.41. The zero-order valence-corrected chi connectivity index (χ0v) is 16.1. The van der Waals surface area contributed by atoms with Crippen LogP contribution in [0.3, 0.4) is 0 Å². The van der Waals surface area contributed by atoms with Crippen molar-refractivity contribution in [1.29, 1.82) is 0 Å². The molecule has 1 fully saturated rings. The molecule has 1 atom stereocenters. The first-order valence-corrected chi connectivity index (χ1v) is 10.5. The van der Waals surface area contributed by atoms with Crippen LogP contribution in [0.1, 0.15) is 38.2 Å². The predicted molar refractivity (Wildman–Crippen MR) is 103 cm³/mol. The van der Waals surface area contributed by atoms with Gasteiger partial charge in [0.1, 0.15) is 0 Å². The molecule has 1 aromatic rings. The third kappa shape index (κ3) is 5.50. The molecule has 25 heavy (non-hydrogen) atoms. The van der Waals surface area contributed by atoms with E-state index >= 15 is 0 Å². The second kappa shape index (κ2) is 9.85. The molecule has 0 spiro atoms. The highest BCUT2D eigenvalue weighted by Crippen LogP contribution is 2.36. The Balaban J connectivity index is 2.10. The fourth-order valence-corrected chi connectivity index (χ4v) is 3.86. The van der Waals surface area contributed by atoms with Crippen molar-refractivity contribution in [3.05, 3.63) is 35.9 Å². The summed E-state index contributed by atoms with van der Waals surface area (Å²) in [5.74, 6) is 0.835. The Bertz CT molecular complexity index is 563. The van der Waals surface area contributed by atoms with Gasteiger partial charge in [-0.1, -0.05) is 30.3 Å². The van der Waals surface area contributed by atoms with Crippen LogP contribution >= 0.6 is 11.8 Å². The van der Waals surface area contributed by atoms with Crippen LogP contribution in [0.2, 0.25) is 0 Å². The predicted octanol–water partition coefficient (Wildman–Crippen LogP) is 3.54. The molecule has 1 unspecified atom stereocenters. The number of benzene rings is 1. The van der Waals surface area contributed by atoms with Crippen molar-refractivity contribution in [2.75, 3.05) is 31.7 Å². The summed E-state index contributed by atoms with van der Waals surface area (Å²) in [4.78, 5) is 27.1. The number of amides is 1. The number of piperidine rings is 1. The third-order valence-corrected chi connectivity index (χ3v) is 5.51. The minimum Gasteiger partial charge on any atom is -0.466 e. The molecule has 1 amide bonds. The van der Waals surface area contributed by atoms with Crippen LogP contribution in [-0.2, 0) is 20.7 Å². The van der Waals surface area contributed by atoms with Gasteiger partial charge in [0.15, 0.2) is 0 Å². The number of hydrogen-bond donors (Lipinski definition) is 0. The minimum absolute atomic E-state index is 0.145. The number of likely N-dealkylation sites (tertiary alicyclic amines) is 1. The standard InChI is InChI=1S/C20H29NO3S/c1-3-24-19(23)20(13-10-17-8-5-4-6-9-17)12-7-14-21(16-20)18(22)11-15-25-2/h4-6,8-9H,3,7,10-16H2,1-2H3. The average Bonchev–Trinajstić information content (AvgIpc) is 2.65.